The molecule has 15 heavy (non-hydrogen) atoms. The molecule has 1 atom stereocenters. The van der Waals surface area contributed by atoms with Gasteiger partial charge in [-0.1, -0.05) is 6.92 Å². The number of carbonyl (C=O) groups excluding carboxylic acids is 1. The van der Waals surface area contributed by atoms with Gasteiger partial charge in [-0.2, -0.15) is 0 Å². The highest BCUT2D eigenvalue weighted by molar-refractivity contribution is 9.10. The first-order chi connectivity index (χ1) is 7.17. The third-order valence-corrected chi connectivity index (χ3v) is 2.71. The summed E-state index contributed by atoms with van der Waals surface area (Å²) in [5, 5.41) is 3.04. The van der Waals surface area contributed by atoms with Gasteiger partial charge in [0, 0.05) is 23.6 Å². The zero-order valence-electron chi connectivity index (χ0n) is 8.96. The number of anilines is 1. The summed E-state index contributed by atoms with van der Waals surface area (Å²) in [6, 6.07) is 2.04. The fourth-order valence-corrected chi connectivity index (χ4v) is 1.73. The van der Waals surface area contributed by atoms with Crippen LogP contribution in [0.3, 0.4) is 0 Å². The summed E-state index contributed by atoms with van der Waals surface area (Å²) in [5.41, 5.74) is 1.14. The Morgan fingerprint density at radius 1 is 1.67 bits per heavy atom. The van der Waals surface area contributed by atoms with Crippen LogP contribution in [0.2, 0.25) is 0 Å². The number of nitrogens with zero attached hydrogens (tertiary/aromatic N) is 1. The normalized spacial score (nSPS) is 12.2. The lowest BCUT2D eigenvalue weighted by Crippen LogP contribution is -2.02. The van der Waals surface area contributed by atoms with E-state index >= 15 is 0 Å². The second kappa shape index (κ2) is 5.85. The van der Waals surface area contributed by atoms with Crippen LogP contribution >= 0.6 is 15.9 Å². The molecule has 0 spiro atoms. The lowest BCUT2D eigenvalue weighted by molar-refractivity contribution is -0.110. The van der Waals surface area contributed by atoms with E-state index in [1.54, 1.807) is 6.20 Å². The van der Waals surface area contributed by atoms with E-state index in [9.17, 15) is 4.79 Å². The topological polar surface area (TPSA) is 42.0 Å². The van der Waals surface area contributed by atoms with Crippen molar-refractivity contribution in [3.8, 4) is 0 Å². The van der Waals surface area contributed by atoms with Crippen molar-refractivity contribution in [1.82, 2.24) is 4.98 Å². The number of aryl methyl sites for hydroxylation is 1. The number of nitrogens with one attached hydrogen (secondary N) is 1. The van der Waals surface area contributed by atoms with E-state index in [-0.39, 0.29) is 5.92 Å². The van der Waals surface area contributed by atoms with Crippen molar-refractivity contribution in [2.75, 3.05) is 12.4 Å². The SMILES string of the molecule is CNc1ncc(Br)cc1CCC(C)C=O. The molecule has 1 heterocycles. The first-order valence-electron chi connectivity index (χ1n) is 4.95. The summed E-state index contributed by atoms with van der Waals surface area (Å²) in [6.07, 6.45) is 4.47. The van der Waals surface area contributed by atoms with Crippen molar-refractivity contribution in [3.05, 3.63) is 22.3 Å². The largest absolute Gasteiger partial charge is 0.373 e. The molecule has 4 heteroatoms. The highest BCUT2D eigenvalue weighted by Crippen LogP contribution is 2.20. The molecule has 0 bridgehead atoms. The van der Waals surface area contributed by atoms with Crippen molar-refractivity contribution in [2.24, 2.45) is 5.92 Å². The molecule has 0 amide bonds. The molecule has 1 aromatic heterocycles. The summed E-state index contributed by atoms with van der Waals surface area (Å²) in [5.74, 6) is 0.991. The Labute approximate surface area is 98.4 Å². The van der Waals surface area contributed by atoms with E-state index in [0.29, 0.717) is 0 Å². The standard InChI is InChI=1S/C11H15BrN2O/c1-8(7-15)3-4-9-5-10(12)6-14-11(9)13-2/h5-8H,3-4H2,1-2H3,(H,13,14). The number of rotatable bonds is 5. The van der Waals surface area contributed by atoms with Crippen molar-refractivity contribution in [2.45, 2.75) is 19.8 Å². The molecule has 0 aromatic carbocycles. The van der Waals surface area contributed by atoms with Gasteiger partial charge in [-0.15, -0.1) is 0 Å². The quantitative estimate of drug-likeness (QED) is 0.837. The molecule has 82 valence electrons. The maximum Gasteiger partial charge on any atom is 0.128 e. The minimum Gasteiger partial charge on any atom is -0.373 e. The molecular formula is C11H15BrN2O. The van der Waals surface area contributed by atoms with Crippen LogP contribution in [0.5, 0.6) is 0 Å². The van der Waals surface area contributed by atoms with E-state index in [1.807, 2.05) is 20.0 Å². The Bertz CT molecular complexity index is 341. The van der Waals surface area contributed by atoms with E-state index in [0.717, 1.165) is 35.0 Å². The molecule has 1 aromatic rings. The van der Waals surface area contributed by atoms with Crippen LogP contribution in [0, 0.1) is 5.92 Å². The molecular weight excluding hydrogens is 256 g/mol. The summed E-state index contributed by atoms with van der Waals surface area (Å²) < 4.78 is 0.968. The highest BCUT2D eigenvalue weighted by atomic mass is 79.9. The van der Waals surface area contributed by atoms with Gasteiger partial charge in [-0.05, 0) is 40.4 Å². The summed E-state index contributed by atoms with van der Waals surface area (Å²) >= 11 is 3.39. The van der Waals surface area contributed by atoms with Gasteiger partial charge in [0.15, 0.2) is 0 Å². The third kappa shape index (κ3) is 3.63. The van der Waals surface area contributed by atoms with Gasteiger partial charge in [0.25, 0.3) is 0 Å². The Kier molecular flexibility index (Phi) is 4.75. The fraction of sp³-hybridized carbons (Fsp3) is 0.455. The van der Waals surface area contributed by atoms with Gasteiger partial charge in [0.1, 0.15) is 12.1 Å². The molecule has 0 saturated heterocycles. The average Bonchev–Trinajstić information content (AvgIpc) is 2.26. The molecule has 3 nitrogen and oxygen atoms in total. The van der Waals surface area contributed by atoms with Crippen molar-refractivity contribution in [1.29, 1.82) is 0 Å². The molecule has 1 N–H and O–H groups in total. The fourth-order valence-electron chi connectivity index (χ4n) is 1.35. The van der Waals surface area contributed by atoms with Gasteiger partial charge in [-0.25, -0.2) is 4.98 Å². The van der Waals surface area contributed by atoms with E-state index in [4.69, 9.17) is 0 Å². The highest BCUT2D eigenvalue weighted by Gasteiger charge is 2.06. The predicted molar refractivity (Wildman–Crippen MR) is 65.0 cm³/mol. The minimum atomic E-state index is 0.105. The van der Waals surface area contributed by atoms with Gasteiger partial charge >= 0.3 is 0 Å². The summed E-state index contributed by atoms with van der Waals surface area (Å²) in [6.45, 7) is 1.93. The lowest BCUT2D eigenvalue weighted by Gasteiger charge is -2.09. The summed E-state index contributed by atoms with van der Waals surface area (Å²) in [7, 11) is 1.85. The zero-order chi connectivity index (χ0) is 11.3. The van der Waals surface area contributed by atoms with Crippen LogP contribution in [0.25, 0.3) is 0 Å². The zero-order valence-corrected chi connectivity index (χ0v) is 10.5. The van der Waals surface area contributed by atoms with E-state index in [2.05, 4.69) is 26.2 Å². The van der Waals surface area contributed by atoms with Crippen LogP contribution in [-0.4, -0.2) is 18.3 Å². The lowest BCUT2D eigenvalue weighted by atomic mass is 10.0. The van der Waals surface area contributed by atoms with Gasteiger partial charge in [0.05, 0.1) is 0 Å². The van der Waals surface area contributed by atoms with Crippen LogP contribution in [0.15, 0.2) is 16.7 Å². The maximum atomic E-state index is 10.5. The Hall–Kier alpha value is -0.900. The molecule has 1 rings (SSSR count). The average molecular weight is 271 g/mol. The van der Waals surface area contributed by atoms with Crippen molar-refractivity contribution in [3.63, 3.8) is 0 Å². The molecule has 1 unspecified atom stereocenters. The van der Waals surface area contributed by atoms with Crippen LogP contribution in [0.4, 0.5) is 5.82 Å². The number of hydrogen-bond donors (Lipinski definition) is 1. The van der Waals surface area contributed by atoms with E-state index in [1.165, 1.54) is 0 Å². The predicted octanol–water partition coefficient (Wildman–Crippen LogP) is 2.65. The maximum absolute atomic E-state index is 10.5. The van der Waals surface area contributed by atoms with E-state index < -0.39 is 0 Å². The summed E-state index contributed by atoms with van der Waals surface area (Å²) in [4.78, 5) is 14.8. The van der Waals surface area contributed by atoms with Gasteiger partial charge < -0.3 is 10.1 Å². The Morgan fingerprint density at radius 3 is 3.00 bits per heavy atom. The molecule has 0 aliphatic carbocycles. The minimum absolute atomic E-state index is 0.105. The first-order valence-corrected chi connectivity index (χ1v) is 5.74. The molecule has 0 aliphatic rings. The smallest absolute Gasteiger partial charge is 0.128 e. The third-order valence-electron chi connectivity index (χ3n) is 2.27. The van der Waals surface area contributed by atoms with Crippen LogP contribution in [-0.2, 0) is 11.2 Å². The number of hydrogen-bond acceptors (Lipinski definition) is 3. The molecule has 0 aliphatic heterocycles. The molecule has 0 fully saturated rings. The van der Waals surface area contributed by atoms with Gasteiger partial charge in [0.2, 0.25) is 0 Å². The second-order valence-corrected chi connectivity index (χ2v) is 4.48. The molecule has 0 saturated carbocycles. The van der Waals surface area contributed by atoms with Gasteiger partial charge in [-0.3, -0.25) is 0 Å². The van der Waals surface area contributed by atoms with Crippen LogP contribution in [0.1, 0.15) is 18.9 Å². The first kappa shape index (κ1) is 12.2. The number of pyridine rings is 1. The Morgan fingerprint density at radius 2 is 2.40 bits per heavy atom. The second-order valence-electron chi connectivity index (χ2n) is 3.56. The monoisotopic (exact) mass is 270 g/mol. The van der Waals surface area contributed by atoms with Crippen molar-refractivity contribution >= 4 is 28.0 Å². The molecule has 0 radical (unpaired) electrons. The van der Waals surface area contributed by atoms with Crippen molar-refractivity contribution < 1.29 is 4.79 Å². The number of carbonyl (C=O) groups is 1. The number of aromatic nitrogens is 1. The number of aldehydes is 1. The Balaban J connectivity index is 2.73. The van der Waals surface area contributed by atoms with Crippen LogP contribution < -0.4 is 5.32 Å². The number of halogens is 1.